The first-order valence-electron chi connectivity index (χ1n) is 9.23. The van der Waals surface area contributed by atoms with E-state index in [0.717, 1.165) is 38.0 Å². The number of rotatable bonds is 7. The van der Waals surface area contributed by atoms with Crippen LogP contribution in [-0.2, 0) is 4.79 Å². The van der Waals surface area contributed by atoms with E-state index in [0.29, 0.717) is 18.9 Å². The Labute approximate surface area is 173 Å². The van der Waals surface area contributed by atoms with Crippen LogP contribution in [0, 0.1) is 0 Å². The number of aliphatic hydroxyl groups is 1. The van der Waals surface area contributed by atoms with E-state index in [1.807, 2.05) is 42.2 Å². The number of hydrogen-bond acceptors (Lipinski definition) is 3. The van der Waals surface area contributed by atoms with E-state index in [1.54, 1.807) is 0 Å². The van der Waals surface area contributed by atoms with Gasteiger partial charge in [-0.1, -0.05) is 30.3 Å². The maximum atomic E-state index is 12.2. The fourth-order valence-electron chi connectivity index (χ4n) is 2.90. The molecule has 1 unspecified atom stereocenters. The molecule has 2 rings (SSSR count). The van der Waals surface area contributed by atoms with Gasteiger partial charge in [0.2, 0.25) is 5.91 Å². The monoisotopic (exact) mass is 474 g/mol. The normalized spacial score (nSPS) is 15.8. The fourth-order valence-corrected chi connectivity index (χ4v) is 2.90. The van der Waals surface area contributed by atoms with Crippen molar-refractivity contribution >= 4 is 35.8 Å². The number of amides is 1. The third kappa shape index (κ3) is 7.90. The lowest BCUT2D eigenvalue weighted by Crippen LogP contribution is -2.41. The molecule has 1 amide bonds. The van der Waals surface area contributed by atoms with Gasteiger partial charge in [-0.25, -0.2) is 4.99 Å². The van der Waals surface area contributed by atoms with Gasteiger partial charge in [-0.15, -0.1) is 24.0 Å². The van der Waals surface area contributed by atoms with Gasteiger partial charge >= 0.3 is 0 Å². The van der Waals surface area contributed by atoms with Gasteiger partial charge in [0, 0.05) is 26.2 Å². The number of carbonyl (C=O) groups excluding carboxylic acids is 1. The van der Waals surface area contributed by atoms with Gasteiger partial charge in [-0.3, -0.25) is 4.79 Å². The highest BCUT2D eigenvalue weighted by atomic mass is 127. The second kappa shape index (κ2) is 12.9. The summed E-state index contributed by atoms with van der Waals surface area (Å²) in [5, 5.41) is 16.5. The second-order valence-corrected chi connectivity index (χ2v) is 6.28. The second-order valence-electron chi connectivity index (χ2n) is 6.28. The van der Waals surface area contributed by atoms with E-state index < -0.39 is 6.10 Å². The molecule has 1 aliphatic heterocycles. The van der Waals surface area contributed by atoms with Crippen molar-refractivity contribution in [1.82, 2.24) is 15.5 Å². The molecule has 0 saturated carbocycles. The van der Waals surface area contributed by atoms with Gasteiger partial charge in [0.05, 0.1) is 6.10 Å². The third-order valence-corrected chi connectivity index (χ3v) is 4.32. The van der Waals surface area contributed by atoms with E-state index in [9.17, 15) is 9.90 Å². The lowest BCUT2D eigenvalue weighted by atomic mass is 10.1. The van der Waals surface area contributed by atoms with Crippen LogP contribution in [0.25, 0.3) is 0 Å². The molecular weight excluding hydrogens is 443 g/mol. The summed E-state index contributed by atoms with van der Waals surface area (Å²) in [5.41, 5.74) is 0.909. The Kier molecular flexibility index (Phi) is 11.3. The van der Waals surface area contributed by atoms with Crippen LogP contribution in [0.1, 0.15) is 44.3 Å². The number of likely N-dealkylation sites (tertiary alicyclic amines) is 1. The fraction of sp³-hybridized carbons (Fsp3) is 0.579. The average Bonchev–Trinajstić information content (AvgIpc) is 2.67. The minimum absolute atomic E-state index is 0. The molecule has 7 heteroatoms. The molecule has 26 heavy (non-hydrogen) atoms. The molecule has 1 saturated heterocycles. The first kappa shape index (κ1) is 22.7. The van der Waals surface area contributed by atoms with Gasteiger partial charge in [0.25, 0.3) is 0 Å². The number of guanidine groups is 1. The lowest BCUT2D eigenvalue weighted by molar-refractivity contribution is -0.130. The number of carbonyl (C=O) groups is 1. The van der Waals surface area contributed by atoms with Crippen LogP contribution < -0.4 is 10.6 Å². The Morgan fingerprint density at radius 3 is 2.54 bits per heavy atom. The highest BCUT2D eigenvalue weighted by Crippen LogP contribution is 2.14. The number of nitrogens with zero attached hydrogens (tertiary/aromatic N) is 2. The number of piperidine rings is 1. The number of aliphatic hydroxyl groups excluding tert-OH is 1. The first-order chi connectivity index (χ1) is 12.2. The SMILES string of the molecule is CCNC(=NCC(=O)N1CCCCC1)NCCC(O)c1ccccc1.I. The van der Waals surface area contributed by atoms with E-state index in [-0.39, 0.29) is 36.4 Å². The van der Waals surface area contributed by atoms with Crippen molar-refractivity contribution in [3.63, 3.8) is 0 Å². The number of halogens is 1. The molecule has 1 fully saturated rings. The molecule has 1 heterocycles. The number of nitrogens with one attached hydrogen (secondary N) is 2. The van der Waals surface area contributed by atoms with E-state index in [4.69, 9.17) is 0 Å². The van der Waals surface area contributed by atoms with Crippen LogP contribution >= 0.6 is 24.0 Å². The van der Waals surface area contributed by atoms with Crippen molar-refractivity contribution in [3.8, 4) is 0 Å². The van der Waals surface area contributed by atoms with Crippen molar-refractivity contribution in [2.75, 3.05) is 32.7 Å². The summed E-state index contributed by atoms with van der Waals surface area (Å²) in [6.45, 7) is 5.16. The molecule has 1 atom stereocenters. The van der Waals surface area contributed by atoms with Crippen LogP contribution in [0.5, 0.6) is 0 Å². The summed E-state index contributed by atoms with van der Waals surface area (Å²) < 4.78 is 0. The molecule has 1 aliphatic rings. The molecule has 1 aromatic carbocycles. The molecule has 0 radical (unpaired) electrons. The summed E-state index contributed by atoms with van der Waals surface area (Å²) in [6, 6.07) is 9.61. The number of hydrogen-bond donors (Lipinski definition) is 3. The summed E-state index contributed by atoms with van der Waals surface area (Å²) in [6.07, 6.45) is 3.46. The predicted octanol–water partition coefficient (Wildman–Crippen LogP) is 2.30. The van der Waals surface area contributed by atoms with Crippen LogP contribution in [-0.4, -0.2) is 54.6 Å². The van der Waals surface area contributed by atoms with Crippen molar-refractivity contribution < 1.29 is 9.90 Å². The topological polar surface area (TPSA) is 77.0 Å². The summed E-state index contributed by atoms with van der Waals surface area (Å²) in [4.78, 5) is 18.5. The highest BCUT2D eigenvalue weighted by molar-refractivity contribution is 14.0. The van der Waals surface area contributed by atoms with Crippen molar-refractivity contribution in [2.24, 2.45) is 4.99 Å². The molecule has 1 aromatic rings. The predicted molar refractivity (Wildman–Crippen MR) is 116 cm³/mol. The Bertz CT molecular complexity index is 548. The molecule has 0 aromatic heterocycles. The Morgan fingerprint density at radius 1 is 1.19 bits per heavy atom. The van der Waals surface area contributed by atoms with Gasteiger partial charge < -0.3 is 20.6 Å². The third-order valence-electron chi connectivity index (χ3n) is 4.32. The van der Waals surface area contributed by atoms with Gasteiger partial charge in [0.1, 0.15) is 6.54 Å². The van der Waals surface area contributed by atoms with Crippen LogP contribution in [0.4, 0.5) is 0 Å². The number of benzene rings is 1. The Morgan fingerprint density at radius 2 is 1.88 bits per heavy atom. The van der Waals surface area contributed by atoms with Gasteiger partial charge in [0.15, 0.2) is 5.96 Å². The minimum Gasteiger partial charge on any atom is -0.388 e. The summed E-state index contributed by atoms with van der Waals surface area (Å²) in [7, 11) is 0. The quantitative estimate of drug-likeness (QED) is 0.322. The van der Waals surface area contributed by atoms with E-state index >= 15 is 0 Å². The molecule has 0 bridgehead atoms. The maximum Gasteiger partial charge on any atom is 0.244 e. The van der Waals surface area contributed by atoms with Crippen molar-refractivity contribution in [2.45, 2.75) is 38.7 Å². The van der Waals surface area contributed by atoms with Gasteiger partial charge in [-0.2, -0.15) is 0 Å². The summed E-state index contributed by atoms with van der Waals surface area (Å²) in [5.74, 6) is 0.703. The zero-order chi connectivity index (χ0) is 17.9. The smallest absolute Gasteiger partial charge is 0.244 e. The molecule has 3 N–H and O–H groups in total. The minimum atomic E-state index is -0.508. The van der Waals surface area contributed by atoms with E-state index in [1.165, 1.54) is 6.42 Å². The highest BCUT2D eigenvalue weighted by Gasteiger charge is 2.16. The molecular formula is C19H31IN4O2. The van der Waals surface area contributed by atoms with Crippen LogP contribution in [0.3, 0.4) is 0 Å². The molecule has 0 spiro atoms. The summed E-state index contributed by atoms with van der Waals surface area (Å²) >= 11 is 0. The van der Waals surface area contributed by atoms with Crippen molar-refractivity contribution in [1.29, 1.82) is 0 Å². The zero-order valence-electron chi connectivity index (χ0n) is 15.5. The standard InChI is InChI=1S/C19H30N4O2.HI/c1-2-20-19(22-15-18(25)23-13-7-4-8-14-23)21-12-11-17(24)16-9-5-3-6-10-16;/h3,5-6,9-10,17,24H,2,4,7-8,11-15H2,1H3,(H2,20,21,22);1H. The Hall–Kier alpha value is -1.35. The van der Waals surface area contributed by atoms with Gasteiger partial charge in [-0.05, 0) is 38.2 Å². The number of aliphatic imine (C=N–C) groups is 1. The van der Waals surface area contributed by atoms with E-state index in [2.05, 4.69) is 15.6 Å². The zero-order valence-corrected chi connectivity index (χ0v) is 17.8. The maximum absolute atomic E-state index is 12.2. The largest absolute Gasteiger partial charge is 0.388 e. The molecule has 146 valence electrons. The van der Waals surface area contributed by atoms with Crippen LogP contribution in [0.2, 0.25) is 0 Å². The lowest BCUT2D eigenvalue weighted by Gasteiger charge is -2.26. The average molecular weight is 474 g/mol. The molecule has 0 aliphatic carbocycles. The van der Waals surface area contributed by atoms with Crippen molar-refractivity contribution in [3.05, 3.63) is 35.9 Å². The van der Waals surface area contributed by atoms with Crippen LogP contribution in [0.15, 0.2) is 35.3 Å². The Balaban J connectivity index is 0.00000338. The first-order valence-corrected chi connectivity index (χ1v) is 9.23. The molecule has 6 nitrogen and oxygen atoms in total.